The maximum absolute atomic E-state index is 13.2. The minimum absolute atomic E-state index is 0.0744. The number of halogens is 2. The third-order valence-corrected chi connectivity index (χ3v) is 3.66. The van der Waals surface area contributed by atoms with E-state index >= 15 is 0 Å². The van der Waals surface area contributed by atoms with Crippen molar-refractivity contribution in [3.05, 3.63) is 52.9 Å². The number of rotatable bonds is 3. The van der Waals surface area contributed by atoms with Gasteiger partial charge in [0, 0.05) is 15.5 Å². The Hall–Kier alpha value is -1.95. The quantitative estimate of drug-likeness (QED) is 0.935. The van der Waals surface area contributed by atoms with E-state index in [1.165, 1.54) is 6.07 Å². The van der Waals surface area contributed by atoms with Crippen LogP contribution in [-0.4, -0.2) is 16.1 Å². The predicted octanol–water partition coefficient (Wildman–Crippen LogP) is 3.83. The lowest BCUT2D eigenvalue weighted by Crippen LogP contribution is -2.05. The van der Waals surface area contributed by atoms with E-state index < -0.39 is 17.6 Å². The molecule has 0 unspecified atom stereocenters. The van der Waals surface area contributed by atoms with Crippen molar-refractivity contribution in [1.82, 2.24) is 4.98 Å². The fraction of sp³-hybridized carbons (Fsp3) is 0.143. The van der Waals surface area contributed by atoms with Crippen molar-refractivity contribution in [2.75, 3.05) is 0 Å². The molecule has 0 saturated carbocycles. The molecule has 0 aliphatic rings. The highest BCUT2D eigenvalue weighted by Gasteiger charge is 2.17. The molecule has 1 aromatic carbocycles. The normalized spacial score (nSPS) is 10.6. The number of aromatic carboxylic acids is 1. The molecular weight excluding hydrogens is 284 g/mol. The lowest BCUT2D eigenvalue weighted by Gasteiger charge is -2.09. The monoisotopic (exact) mass is 295 g/mol. The maximum Gasteiger partial charge on any atom is 0.338 e. The first kappa shape index (κ1) is 14.5. The smallest absolute Gasteiger partial charge is 0.338 e. The summed E-state index contributed by atoms with van der Waals surface area (Å²) in [4.78, 5) is 16.3. The summed E-state index contributed by atoms with van der Waals surface area (Å²) in [6, 6.07) is 5.07. The van der Waals surface area contributed by atoms with Crippen molar-refractivity contribution in [2.24, 2.45) is 0 Å². The number of carboxylic acid groups (broad SMARTS) is 1. The Balaban J connectivity index is 2.47. The molecule has 0 spiro atoms. The van der Waals surface area contributed by atoms with Gasteiger partial charge in [0.1, 0.15) is 0 Å². The van der Waals surface area contributed by atoms with Crippen LogP contribution in [0.25, 0.3) is 0 Å². The SMILES string of the molecule is Cc1cc(Sc2ccc(F)c(F)c2)c(C(=O)O)c(C)n1. The average Bonchev–Trinajstić information content (AvgIpc) is 2.32. The van der Waals surface area contributed by atoms with Gasteiger partial charge in [-0.3, -0.25) is 4.98 Å². The zero-order chi connectivity index (χ0) is 14.9. The van der Waals surface area contributed by atoms with Crippen LogP contribution in [0.1, 0.15) is 21.7 Å². The summed E-state index contributed by atoms with van der Waals surface area (Å²) in [6.07, 6.45) is 0. The van der Waals surface area contributed by atoms with Crippen molar-refractivity contribution in [3.63, 3.8) is 0 Å². The molecule has 0 radical (unpaired) electrons. The minimum atomic E-state index is -1.10. The Morgan fingerprint density at radius 1 is 1.20 bits per heavy atom. The van der Waals surface area contributed by atoms with Crippen LogP contribution < -0.4 is 0 Å². The van der Waals surface area contributed by atoms with Gasteiger partial charge in [-0.05, 0) is 38.1 Å². The Kier molecular flexibility index (Phi) is 4.04. The molecule has 0 aliphatic carbocycles. The fourth-order valence-electron chi connectivity index (χ4n) is 1.80. The zero-order valence-corrected chi connectivity index (χ0v) is 11.6. The highest BCUT2D eigenvalue weighted by atomic mass is 32.2. The van der Waals surface area contributed by atoms with Gasteiger partial charge in [-0.1, -0.05) is 11.8 Å². The van der Waals surface area contributed by atoms with Crippen molar-refractivity contribution in [3.8, 4) is 0 Å². The van der Waals surface area contributed by atoms with Crippen LogP contribution in [0, 0.1) is 25.5 Å². The summed E-state index contributed by atoms with van der Waals surface area (Å²) in [6.45, 7) is 3.35. The maximum atomic E-state index is 13.2. The van der Waals surface area contributed by atoms with Gasteiger partial charge in [0.2, 0.25) is 0 Å². The zero-order valence-electron chi connectivity index (χ0n) is 10.8. The van der Waals surface area contributed by atoms with E-state index in [9.17, 15) is 18.7 Å². The van der Waals surface area contributed by atoms with Gasteiger partial charge < -0.3 is 5.11 Å². The molecule has 1 N–H and O–H groups in total. The van der Waals surface area contributed by atoms with Gasteiger partial charge in [0.05, 0.1) is 11.3 Å². The topological polar surface area (TPSA) is 50.2 Å². The second-order valence-corrected chi connectivity index (χ2v) is 5.32. The largest absolute Gasteiger partial charge is 0.478 e. The number of hydrogen-bond acceptors (Lipinski definition) is 3. The Morgan fingerprint density at radius 3 is 2.50 bits per heavy atom. The van der Waals surface area contributed by atoms with Crippen LogP contribution in [0.5, 0.6) is 0 Å². The van der Waals surface area contributed by atoms with E-state index in [1.807, 2.05) is 0 Å². The molecule has 1 aromatic heterocycles. The number of carboxylic acids is 1. The van der Waals surface area contributed by atoms with Gasteiger partial charge in [0.15, 0.2) is 11.6 Å². The number of carbonyl (C=O) groups is 1. The minimum Gasteiger partial charge on any atom is -0.478 e. The molecule has 1 heterocycles. The Bertz CT molecular complexity index is 689. The van der Waals surface area contributed by atoms with E-state index in [-0.39, 0.29) is 5.56 Å². The van der Waals surface area contributed by atoms with Crippen LogP contribution >= 0.6 is 11.8 Å². The second kappa shape index (κ2) is 5.58. The van der Waals surface area contributed by atoms with Gasteiger partial charge in [-0.25, -0.2) is 13.6 Å². The molecule has 2 aromatic rings. The predicted molar refractivity (Wildman–Crippen MR) is 71.2 cm³/mol. The van der Waals surface area contributed by atoms with Crippen LogP contribution in [0.4, 0.5) is 8.78 Å². The number of pyridine rings is 1. The summed E-state index contributed by atoms with van der Waals surface area (Å²) in [5.41, 5.74) is 1.13. The summed E-state index contributed by atoms with van der Waals surface area (Å²) in [7, 11) is 0. The Morgan fingerprint density at radius 2 is 1.90 bits per heavy atom. The average molecular weight is 295 g/mol. The third-order valence-electron chi connectivity index (χ3n) is 2.62. The molecule has 20 heavy (non-hydrogen) atoms. The molecule has 2 rings (SSSR count). The van der Waals surface area contributed by atoms with Gasteiger partial charge in [-0.2, -0.15) is 0 Å². The first-order valence-corrected chi connectivity index (χ1v) is 6.54. The summed E-state index contributed by atoms with van der Waals surface area (Å²) < 4.78 is 26.1. The first-order valence-electron chi connectivity index (χ1n) is 5.73. The summed E-state index contributed by atoms with van der Waals surface area (Å²) >= 11 is 1.07. The molecule has 0 aliphatic heterocycles. The number of benzene rings is 1. The van der Waals surface area contributed by atoms with E-state index in [4.69, 9.17) is 0 Å². The Labute approximate surface area is 118 Å². The number of nitrogens with zero attached hydrogens (tertiary/aromatic N) is 1. The van der Waals surface area contributed by atoms with Gasteiger partial charge in [-0.15, -0.1) is 0 Å². The second-order valence-electron chi connectivity index (χ2n) is 4.21. The van der Waals surface area contributed by atoms with E-state index in [1.54, 1.807) is 19.9 Å². The van der Waals surface area contributed by atoms with Crippen molar-refractivity contribution < 1.29 is 18.7 Å². The number of hydrogen-bond donors (Lipinski definition) is 1. The molecular formula is C14H11F2NO2S. The van der Waals surface area contributed by atoms with Gasteiger partial charge >= 0.3 is 5.97 Å². The molecule has 0 bridgehead atoms. The first-order chi connectivity index (χ1) is 9.38. The van der Waals surface area contributed by atoms with Gasteiger partial charge in [0.25, 0.3) is 0 Å². The third kappa shape index (κ3) is 2.96. The van der Waals surface area contributed by atoms with Crippen LogP contribution in [0.15, 0.2) is 34.1 Å². The fourth-order valence-corrected chi connectivity index (χ4v) is 2.92. The molecule has 0 atom stereocenters. The van der Waals surface area contributed by atoms with Crippen molar-refractivity contribution in [1.29, 1.82) is 0 Å². The van der Waals surface area contributed by atoms with Crippen molar-refractivity contribution >= 4 is 17.7 Å². The van der Waals surface area contributed by atoms with Crippen LogP contribution in [0.3, 0.4) is 0 Å². The standard InChI is InChI=1S/C14H11F2NO2S/c1-7-5-12(13(14(18)19)8(2)17-7)20-9-3-4-10(15)11(16)6-9/h3-6H,1-2H3,(H,18,19). The molecule has 0 saturated heterocycles. The number of aryl methyl sites for hydroxylation is 2. The van der Waals surface area contributed by atoms with E-state index in [0.29, 0.717) is 21.2 Å². The molecule has 0 amide bonds. The highest BCUT2D eigenvalue weighted by Crippen LogP contribution is 2.32. The molecule has 0 fully saturated rings. The highest BCUT2D eigenvalue weighted by molar-refractivity contribution is 7.99. The summed E-state index contributed by atoms with van der Waals surface area (Å²) in [5.74, 6) is -3.00. The molecule has 3 nitrogen and oxygen atoms in total. The molecule has 104 valence electrons. The molecule has 6 heteroatoms. The summed E-state index contributed by atoms with van der Waals surface area (Å²) in [5, 5.41) is 9.23. The van der Waals surface area contributed by atoms with E-state index in [0.717, 1.165) is 23.9 Å². The van der Waals surface area contributed by atoms with Crippen LogP contribution in [-0.2, 0) is 0 Å². The lowest BCUT2D eigenvalue weighted by atomic mass is 10.2. The lowest BCUT2D eigenvalue weighted by molar-refractivity contribution is 0.0691. The number of aromatic nitrogens is 1. The van der Waals surface area contributed by atoms with Crippen molar-refractivity contribution in [2.45, 2.75) is 23.6 Å². The van der Waals surface area contributed by atoms with Crippen LogP contribution in [0.2, 0.25) is 0 Å². The van der Waals surface area contributed by atoms with E-state index in [2.05, 4.69) is 4.98 Å².